The number of sulfonamides is 1. The molecule has 0 radical (unpaired) electrons. The first-order valence-electron chi connectivity index (χ1n) is 5.20. The van der Waals surface area contributed by atoms with E-state index in [2.05, 4.69) is 9.71 Å². The van der Waals surface area contributed by atoms with Gasteiger partial charge in [-0.3, -0.25) is 4.98 Å². The zero-order chi connectivity index (χ0) is 12.9. The van der Waals surface area contributed by atoms with Crippen molar-refractivity contribution in [2.75, 3.05) is 6.54 Å². The molecule has 0 spiro atoms. The zero-order valence-electron chi connectivity index (χ0n) is 9.36. The van der Waals surface area contributed by atoms with Gasteiger partial charge < -0.3 is 0 Å². The van der Waals surface area contributed by atoms with E-state index in [0.29, 0.717) is 6.42 Å². The number of nitrogens with one attached hydrogen (secondary N) is 1. The number of rotatable bonds is 6. The largest absolute Gasteiger partial charge is 0.260 e. The molecule has 4 nitrogen and oxygen atoms in total. The summed E-state index contributed by atoms with van der Waals surface area (Å²) in [5.74, 6) is -0.684. The highest BCUT2D eigenvalue weighted by Gasteiger charge is 2.15. The maximum atomic E-state index is 12.8. The fourth-order valence-corrected chi connectivity index (χ4v) is 2.31. The van der Waals surface area contributed by atoms with Crippen LogP contribution in [0.1, 0.15) is 19.8 Å². The summed E-state index contributed by atoms with van der Waals surface area (Å²) in [5, 5.41) is -0.0664. The van der Waals surface area contributed by atoms with E-state index in [9.17, 15) is 12.8 Å². The molecule has 0 amide bonds. The number of pyridine rings is 1. The van der Waals surface area contributed by atoms with Crippen LogP contribution in [0.5, 0.6) is 0 Å². The molecule has 0 aliphatic rings. The summed E-state index contributed by atoms with van der Waals surface area (Å²) in [6.45, 7) is 2.14. The maximum Gasteiger partial charge on any atom is 0.242 e. The van der Waals surface area contributed by atoms with Crippen molar-refractivity contribution in [1.29, 1.82) is 0 Å². The van der Waals surface area contributed by atoms with E-state index in [1.807, 2.05) is 6.92 Å². The van der Waals surface area contributed by atoms with Gasteiger partial charge >= 0.3 is 0 Å². The van der Waals surface area contributed by atoms with Crippen LogP contribution < -0.4 is 4.72 Å². The third-order valence-corrected chi connectivity index (χ3v) is 4.14. The van der Waals surface area contributed by atoms with Gasteiger partial charge in [0.1, 0.15) is 10.7 Å². The zero-order valence-corrected chi connectivity index (χ0v) is 10.9. The van der Waals surface area contributed by atoms with E-state index >= 15 is 0 Å². The van der Waals surface area contributed by atoms with Crippen molar-refractivity contribution >= 4 is 21.6 Å². The second-order valence-electron chi connectivity index (χ2n) is 3.53. The van der Waals surface area contributed by atoms with Gasteiger partial charge in [0.15, 0.2) is 0 Å². The molecule has 1 heterocycles. The Morgan fingerprint density at radius 3 is 2.82 bits per heavy atom. The summed E-state index contributed by atoms with van der Waals surface area (Å²) in [7, 11) is -3.70. The summed E-state index contributed by atoms with van der Waals surface area (Å²) in [4.78, 5) is 3.31. The van der Waals surface area contributed by atoms with Crippen molar-refractivity contribution in [2.45, 2.75) is 30.0 Å². The molecule has 0 saturated carbocycles. The minimum absolute atomic E-state index is 0.0664. The standard InChI is InChI=1S/C10H14ClFN2O2S/c1-2-8(11)3-4-14-17(15,16)10-5-9(12)6-13-7-10/h5-8,14H,2-4H2,1H3. The van der Waals surface area contributed by atoms with Gasteiger partial charge in [-0.05, 0) is 18.9 Å². The molecule has 7 heteroatoms. The maximum absolute atomic E-state index is 12.8. The van der Waals surface area contributed by atoms with Crippen LogP contribution in [0.2, 0.25) is 0 Å². The summed E-state index contributed by atoms with van der Waals surface area (Å²) < 4.78 is 38.6. The molecule has 0 aliphatic carbocycles. The average molecular weight is 281 g/mol. The quantitative estimate of drug-likeness (QED) is 0.810. The topological polar surface area (TPSA) is 59.1 Å². The highest BCUT2D eigenvalue weighted by atomic mass is 35.5. The van der Waals surface area contributed by atoms with Gasteiger partial charge in [0.2, 0.25) is 10.0 Å². The van der Waals surface area contributed by atoms with Crippen LogP contribution in [-0.4, -0.2) is 25.3 Å². The Kier molecular flexibility index (Phi) is 5.30. The Hall–Kier alpha value is -0.720. The first kappa shape index (κ1) is 14.3. The Labute approximate surface area is 105 Å². The number of hydrogen-bond acceptors (Lipinski definition) is 3. The average Bonchev–Trinajstić information content (AvgIpc) is 2.28. The van der Waals surface area contributed by atoms with Gasteiger partial charge in [-0.2, -0.15) is 0 Å². The SMILES string of the molecule is CCC(Cl)CCNS(=O)(=O)c1cncc(F)c1. The van der Waals surface area contributed by atoms with Crippen molar-refractivity contribution < 1.29 is 12.8 Å². The van der Waals surface area contributed by atoms with E-state index in [1.165, 1.54) is 0 Å². The van der Waals surface area contributed by atoms with Gasteiger partial charge in [0.05, 0.1) is 6.20 Å². The summed E-state index contributed by atoms with van der Waals surface area (Å²) in [6, 6.07) is 0.924. The monoisotopic (exact) mass is 280 g/mol. The molecule has 17 heavy (non-hydrogen) atoms. The summed E-state index contributed by atoms with van der Waals surface area (Å²) in [5.41, 5.74) is 0. The minimum Gasteiger partial charge on any atom is -0.260 e. The molecule has 1 aromatic heterocycles. The second-order valence-corrected chi connectivity index (χ2v) is 5.92. The number of nitrogens with zero attached hydrogens (tertiary/aromatic N) is 1. The summed E-state index contributed by atoms with van der Waals surface area (Å²) >= 11 is 5.86. The fraction of sp³-hybridized carbons (Fsp3) is 0.500. The minimum atomic E-state index is -3.70. The lowest BCUT2D eigenvalue weighted by Crippen LogP contribution is -2.26. The van der Waals surface area contributed by atoms with Crippen LogP contribution in [0.15, 0.2) is 23.4 Å². The Balaban J connectivity index is 2.63. The van der Waals surface area contributed by atoms with Crippen LogP contribution in [0, 0.1) is 5.82 Å². The van der Waals surface area contributed by atoms with Crippen molar-refractivity contribution in [3.8, 4) is 0 Å². The molecule has 0 fully saturated rings. The highest BCUT2D eigenvalue weighted by Crippen LogP contribution is 2.10. The van der Waals surface area contributed by atoms with Gasteiger partial charge in [-0.25, -0.2) is 17.5 Å². The lowest BCUT2D eigenvalue weighted by Gasteiger charge is -2.08. The van der Waals surface area contributed by atoms with E-state index in [0.717, 1.165) is 24.9 Å². The van der Waals surface area contributed by atoms with E-state index in [1.54, 1.807) is 0 Å². The van der Waals surface area contributed by atoms with Crippen LogP contribution in [0.25, 0.3) is 0 Å². The van der Waals surface area contributed by atoms with Crippen molar-refractivity contribution in [3.63, 3.8) is 0 Å². The fourth-order valence-electron chi connectivity index (χ4n) is 1.18. The molecular weight excluding hydrogens is 267 g/mol. The van der Waals surface area contributed by atoms with Crippen LogP contribution in [0.4, 0.5) is 4.39 Å². The smallest absolute Gasteiger partial charge is 0.242 e. The molecule has 0 aromatic carbocycles. The van der Waals surface area contributed by atoms with Crippen molar-refractivity contribution in [3.05, 3.63) is 24.3 Å². The molecule has 0 saturated heterocycles. The predicted octanol–water partition coefficient (Wildman–Crippen LogP) is 1.91. The van der Waals surface area contributed by atoms with Crippen LogP contribution >= 0.6 is 11.6 Å². The van der Waals surface area contributed by atoms with E-state index in [-0.39, 0.29) is 16.8 Å². The van der Waals surface area contributed by atoms with Gasteiger partial charge in [0, 0.05) is 18.1 Å². The highest BCUT2D eigenvalue weighted by molar-refractivity contribution is 7.89. The van der Waals surface area contributed by atoms with E-state index in [4.69, 9.17) is 11.6 Å². The Morgan fingerprint density at radius 1 is 1.53 bits per heavy atom. The lowest BCUT2D eigenvalue weighted by atomic mass is 10.2. The number of alkyl halides is 1. The second kappa shape index (κ2) is 6.28. The van der Waals surface area contributed by atoms with E-state index < -0.39 is 15.8 Å². The predicted molar refractivity (Wildman–Crippen MR) is 63.9 cm³/mol. The Bertz CT molecular complexity index is 467. The molecular formula is C10H14ClFN2O2S. The lowest BCUT2D eigenvalue weighted by molar-refractivity contribution is 0.571. The molecule has 1 atom stereocenters. The van der Waals surface area contributed by atoms with Crippen LogP contribution in [-0.2, 0) is 10.0 Å². The number of hydrogen-bond donors (Lipinski definition) is 1. The molecule has 0 bridgehead atoms. The number of halogens is 2. The molecule has 1 aromatic rings. The van der Waals surface area contributed by atoms with Crippen LogP contribution in [0.3, 0.4) is 0 Å². The third-order valence-electron chi connectivity index (χ3n) is 2.18. The normalized spacial score (nSPS) is 13.6. The van der Waals surface area contributed by atoms with Crippen molar-refractivity contribution in [1.82, 2.24) is 9.71 Å². The number of aromatic nitrogens is 1. The summed E-state index contributed by atoms with van der Waals surface area (Å²) in [6.07, 6.45) is 3.35. The molecule has 96 valence electrons. The Morgan fingerprint density at radius 2 is 2.24 bits per heavy atom. The van der Waals surface area contributed by atoms with Crippen molar-refractivity contribution in [2.24, 2.45) is 0 Å². The molecule has 0 aliphatic heterocycles. The first-order valence-corrected chi connectivity index (χ1v) is 7.12. The van der Waals surface area contributed by atoms with Gasteiger partial charge in [0.25, 0.3) is 0 Å². The third kappa shape index (κ3) is 4.57. The first-order chi connectivity index (χ1) is 7.95. The molecule has 1 N–H and O–H groups in total. The van der Waals surface area contributed by atoms with Gasteiger partial charge in [-0.15, -0.1) is 11.6 Å². The van der Waals surface area contributed by atoms with Gasteiger partial charge in [-0.1, -0.05) is 6.92 Å². The molecule has 1 unspecified atom stereocenters. The molecule has 1 rings (SSSR count).